The highest BCUT2D eigenvalue weighted by atomic mass is 16.8. The molecule has 0 bridgehead atoms. The number of aliphatic hydroxyl groups is 9. The molecule has 0 aliphatic carbocycles. The van der Waals surface area contributed by atoms with E-state index in [-0.39, 0.29) is 11.3 Å². The Morgan fingerprint density at radius 3 is 2.27 bits per heavy atom. The van der Waals surface area contributed by atoms with Gasteiger partial charge in [0, 0.05) is 5.57 Å². The van der Waals surface area contributed by atoms with Gasteiger partial charge < -0.3 is 79.1 Å². The van der Waals surface area contributed by atoms with Gasteiger partial charge in [0.1, 0.15) is 54.1 Å². The molecular weight excluding hydrogens is 544 g/mol. The quantitative estimate of drug-likeness (QED) is 0.1000. The van der Waals surface area contributed by atoms with Gasteiger partial charge in [0.05, 0.1) is 38.6 Å². The summed E-state index contributed by atoms with van der Waals surface area (Å²) >= 11 is 0. The van der Waals surface area contributed by atoms with Gasteiger partial charge in [-0.1, -0.05) is 0 Å². The molecule has 14 atom stereocenters. The molecule has 2 saturated heterocycles. The second-order valence-corrected chi connectivity index (χ2v) is 10.3. The number of hydrogen-bond acceptors (Lipinski definition) is 16. The molecule has 16 nitrogen and oxygen atoms in total. The van der Waals surface area contributed by atoms with Crippen LogP contribution in [0.25, 0.3) is 0 Å². The topological polar surface area (TPSA) is 247 Å². The molecule has 3 aliphatic rings. The highest BCUT2D eigenvalue weighted by Gasteiger charge is 2.50. The SMILES string of the molecule is CC1=C(O)C(CO)OC(OC2C(O)C(C)OC(C)C2OC(C)OCC(O)C(O)OC2OCC(O)(CO)C2O)C1O. The van der Waals surface area contributed by atoms with Crippen molar-refractivity contribution < 1.29 is 79.1 Å². The zero-order valence-corrected chi connectivity index (χ0v) is 22.7. The molecule has 40 heavy (non-hydrogen) atoms. The maximum Gasteiger partial charge on any atom is 0.189 e. The van der Waals surface area contributed by atoms with Gasteiger partial charge in [0.2, 0.25) is 0 Å². The Hall–Kier alpha value is -1.06. The average molecular weight is 587 g/mol. The van der Waals surface area contributed by atoms with Gasteiger partial charge in [-0.05, 0) is 27.7 Å². The first-order valence-corrected chi connectivity index (χ1v) is 13.0. The highest BCUT2D eigenvalue weighted by Crippen LogP contribution is 2.32. The van der Waals surface area contributed by atoms with E-state index >= 15 is 0 Å². The van der Waals surface area contributed by atoms with Crippen molar-refractivity contribution in [2.24, 2.45) is 0 Å². The monoisotopic (exact) mass is 586 g/mol. The molecule has 0 aromatic heterocycles. The Labute approximate surface area is 230 Å². The summed E-state index contributed by atoms with van der Waals surface area (Å²) in [4.78, 5) is 0. The van der Waals surface area contributed by atoms with Crippen LogP contribution in [0.1, 0.15) is 27.7 Å². The van der Waals surface area contributed by atoms with Crippen LogP contribution in [-0.4, -0.2) is 158 Å². The zero-order valence-electron chi connectivity index (χ0n) is 22.7. The van der Waals surface area contributed by atoms with Crippen molar-refractivity contribution in [3.8, 4) is 0 Å². The fourth-order valence-electron chi connectivity index (χ4n) is 4.59. The molecule has 0 spiro atoms. The summed E-state index contributed by atoms with van der Waals surface area (Å²) in [5.41, 5.74) is -1.83. The Kier molecular flexibility index (Phi) is 11.7. The van der Waals surface area contributed by atoms with E-state index in [0.717, 1.165) is 0 Å². The maximum atomic E-state index is 10.8. The lowest BCUT2D eigenvalue weighted by molar-refractivity contribution is -0.324. The van der Waals surface area contributed by atoms with Crippen molar-refractivity contribution in [1.29, 1.82) is 0 Å². The average Bonchev–Trinajstić information content (AvgIpc) is 3.21. The summed E-state index contributed by atoms with van der Waals surface area (Å²) in [5, 5.41) is 90.6. The van der Waals surface area contributed by atoms with E-state index in [2.05, 4.69) is 0 Å². The minimum atomic E-state index is -1.97. The minimum absolute atomic E-state index is 0.137. The molecule has 0 amide bonds. The number of rotatable bonds is 12. The van der Waals surface area contributed by atoms with Crippen LogP contribution in [0.15, 0.2) is 11.3 Å². The van der Waals surface area contributed by atoms with Crippen molar-refractivity contribution in [2.45, 2.75) is 113 Å². The van der Waals surface area contributed by atoms with Crippen molar-refractivity contribution in [3.05, 3.63) is 11.3 Å². The van der Waals surface area contributed by atoms with E-state index < -0.39 is 112 Å². The lowest BCUT2D eigenvalue weighted by Gasteiger charge is -2.45. The normalized spacial score (nSPS) is 43.1. The summed E-state index contributed by atoms with van der Waals surface area (Å²) in [7, 11) is 0. The lowest BCUT2D eigenvalue weighted by atomic mass is 9.95. The molecule has 3 aliphatic heterocycles. The van der Waals surface area contributed by atoms with Crippen LogP contribution in [-0.2, 0) is 33.2 Å². The fraction of sp³-hybridized carbons (Fsp3) is 0.917. The second kappa shape index (κ2) is 13.9. The van der Waals surface area contributed by atoms with E-state index in [1.807, 2.05) is 0 Å². The van der Waals surface area contributed by atoms with Crippen molar-refractivity contribution in [1.82, 2.24) is 0 Å². The van der Waals surface area contributed by atoms with Gasteiger partial charge in [-0.2, -0.15) is 0 Å². The number of aliphatic hydroxyl groups excluding tert-OH is 8. The molecule has 3 rings (SSSR count). The largest absolute Gasteiger partial charge is 0.509 e. The fourth-order valence-corrected chi connectivity index (χ4v) is 4.59. The molecule has 0 radical (unpaired) electrons. The third-order valence-electron chi connectivity index (χ3n) is 7.23. The molecule has 2 fully saturated rings. The first-order valence-electron chi connectivity index (χ1n) is 13.0. The molecule has 0 aromatic rings. The lowest BCUT2D eigenvalue weighted by Crippen LogP contribution is -2.60. The van der Waals surface area contributed by atoms with E-state index in [4.69, 9.17) is 33.2 Å². The Bertz CT molecular complexity index is 844. The molecule has 234 valence electrons. The molecule has 3 heterocycles. The van der Waals surface area contributed by atoms with Crippen LogP contribution in [0.4, 0.5) is 0 Å². The standard InChI is InChI=1S/C24H42O16/c1-9-15(28)14(5-25)38-22(16(9)29)39-19-17(30)10(2)36-11(3)18(19)37-12(4)34-6-13(27)21(32)40-23-20(31)24(33,7-26)8-35-23/h10-14,16-23,25-33H,5-8H2,1-4H3. The van der Waals surface area contributed by atoms with Gasteiger partial charge in [-0.25, -0.2) is 0 Å². The van der Waals surface area contributed by atoms with Crippen LogP contribution < -0.4 is 0 Å². The molecular formula is C24H42O16. The van der Waals surface area contributed by atoms with Crippen molar-refractivity contribution in [3.63, 3.8) is 0 Å². The van der Waals surface area contributed by atoms with E-state index in [1.165, 1.54) is 13.8 Å². The summed E-state index contributed by atoms with van der Waals surface area (Å²) in [5.74, 6) is -0.318. The summed E-state index contributed by atoms with van der Waals surface area (Å²) in [6.07, 6.45) is -16.4. The first-order chi connectivity index (χ1) is 18.7. The molecule has 14 unspecified atom stereocenters. The molecule has 9 N–H and O–H groups in total. The molecule has 0 saturated carbocycles. The Morgan fingerprint density at radius 2 is 1.68 bits per heavy atom. The first kappa shape index (κ1) is 33.4. The molecule has 0 aromatic carbocycles. The number of hydrogen-bond donors (Lipinski definition) is 9. The predicted molar refractivity (Wildman–Crippen MR) is 129 cm³/mol. The third-order valence-corrected chi connectivity index (χ3v) is 7.23. The van der Waals surface area contributed by atoms with Gasteiger partial charge in [0.15, 0.2) is 25.2 Å². The van der Waals surface area contributed by atoms with Crippen LogP contribution in [0.3, 0.4) is 0 Å². The highest BCUT2D eigenvalue weighted by molar-refractivity contribution is 5.18. The third kappa shape index (κ3) is 7.28. The minimum Gasteiger partial charge on any atom is -0.509 e. The van der Waals surface area contributed by atoms with Gasteiger partial charge >= 0.3 is 0 Å². The maximum absolute atomic E-state index is 10.8. The van der Waals surface area contributed by atoms with E-state index in [1.54, 1.807) is 13.8 Å². The van der Waals surface area contributed by atoms with Gasteiger partial charge in [0.25, 0.3) is 0 Å². The van der Waals surface area contributed by atoms with Gasteiger partial charge in [-0.15, -0.1) is 0 Å². The van der Waals surface area contributed by atoms with Crippen LogP contribution in [0, 0.1) is 0 Å². The van der Waals surface area contributed by atoms with Gasteiger partial charge in [-0.3, -0.25) is 0 Å². The van der Waals surface area contributed by atoms with Crippen LogP contribution in [0.2, 0.25) is 0 Å². The summed E-state index contributed by atoms with van der Waals surface area (Å²) in [6, 6.07) is 0. The number of ether oxygens (including phenoxy) is 7. The molecule has 16 heteroatoms. The Morgan fingerprint density at radius 1 is 1.00 bits per heavy atom. The Balaban J connectivity index is 1.58. The second-order valence-electron chi connectivity index (χ2n) is 10.3. The summed E-state index contributed by atoms with van der Waals surface area (Å²) < 4.78 is 38.6. The van der Waals surface area contributed by atoms with Crippen molar-refractivity contribution in [2.75, 3.05) is 26.4 Å². The van der Waals surface area contributed by atoms with Crippen molar-refractivity contribution >= 4 is 0 Å². The van der Waals surface area contributed by atoms with Crippen LogP contribution >= 0.6 is 0 Å². The zero-order chi connectivity index (χ0) is 29.9. The predicted octanol–water partition coefficient (Wildman–Crippen LogP) is -3.67. The van der Waals surface area contributed by atoms with E-state index in [0.29, 0.717) is 0 Å². The smallest absolute Gasteiger partial charge is 0.189 e. The van der Waals surface area contributed by atoms with Crippen LogP contribution in [0.5, 0.6) is 0 Å². The van der Waals surface area contributed by atoms with E-state index in [9.17, 15) is 46.0 Å². The summed E-state index contributed by atoms with van der Waals surface area (Å²) in [6.45, 7) is 3.85.